The maximum atomic E-state index is 12.3. The second-order valence-corrected chi connectivity index (χ2v) is 7.74. The van der Waals surface area contributed by atoms with Gasteiger partial charge in [-0.3, -0.25) is 14.9 Å². The van der Waals surface area contributed by atoms with Gasteiger partial charge in [-0.25, -0.2) is 0 Å². The number of amides is 1. The molecule has 0 saturated heterocycles. The predicted molar refractivity (Wildman–Crippen MR) is 118 cm³/mol. The zero-order valence-electron chi connectivity index (χ0n) is 17.4. The molecule has 9 nitrogen and oxygen atoms in total. The number of nitro benzene ring substituents is 1. The van der Waals surface area contributed by atoms with Crippen LogP contribution in [-0.2, 0) is 11.3 Å². The fraction of sp³-hybridized carbons (Fsp3) is 0.286. The van der Waals surface area contributed by atoms with Crippen LogP contribution in [0.4, 0.5) is 11.4 Å². The fourth-order valence-electron chi connectivity index (χ4n) is 2.90. The molecule has 2 aromatic carbocycles. The van der Waals surface area contributed by atoms with Gasteiger partial charge in [-0.2, -0.15) is 0 Å². The highest BCUT2D eigenvalue weighted by atomic mass is 32.2. The molecule has 1 atom stereocenters. The largest absolute Gasteiger partial charge is 0.483 e. The summed E-state index contributed by atoms with van der Waals surface area (Å²) in [7, 11) is 0. The summed E-state index contributed by atoms with van der Waals surface area (Å²) in [5, 5.41) is 22.6. The molecule has 1 N–H and O–H groups in total. The Morgan fingerprint density at radius 3 is 2.68 bits per heavy atom. The van der Waals surface area contributed by atoms with E-state index in [-0.39, 0.29) is 23.5 Å². The summed E-state index contributed by atoms with van der Waals surface area (Å²) in [5.74, 6) is 1.22. The molecule has 162 valence electrons. The summed E-state index contributed by atoms with van der Waals surface area (Å²) in [6, 6.07) is 13.6. The zero-order valence-corrected chi connectivity index (χ0v) is 18.3. The van der Waals surface area contributed by atoms with Gasteiger partial charge in [0.25, 0.3) is 5.69 Å². The average Bonchev–Trinajstić information content (AvgIpc) is 3.17. The van der Waals surface area contributed by atoms with Gasteiger partial charge in [0, 0.05) is 24.4 Å². The smallest absolute Gasteiger partial charge is 0.271 e. The number of nitro groups is 1. The molecule has 0 aliphatic heterocycles. The van der Waals surface area contributed by atoms with Gasteiger partial charge in [-0.15, -0.1) is 10.2 Å². The van der Waals surface area contributed by atoms with Crippen LogP contribution < -0.4 is 10.1 Å². The number of aryl methyl sites for hydroxylation is 1. The quantitative estimate of drug-likeness (QED) is 0.298. The summed E-state index contributed by atoms with van der Waals surface area (Å²) >= 11 is 1.24. The number of non-ortho nitro benzene ring substituents is 1. The van der Waals surface area contributed by atoms with Crippen molar-refractivity contribution in [3.05, 3.63) is 70.0 Å². The van der Waals surface area contributed by atoms with E-state index in [1.807, 2.05) is 49.6 Å². The lowest BCUT2D eigenvalue weighted by Crippen LogP contribution is -2.15. The Balaban J connectivity index is 1.62. The van der Waals surface area contributed by atoms with E-state index in [0.29, 0.717) is 23.2 Å². The topological polar surface area (TPSA) is 112 Å². The molecule has 1 heterocycles. The van der Waals surface area contributed by atoms with Crippen LogP contribution in [0.3, 0.4) is 0 Å². The first kappa shape index (κ1) is 22.3. The Hall–Kier alpha value is -3.40. The molecule has 31 heavy (non-hydrogen) atoms. The van der Waals surface area contributed by atoms with E-state index >= 15 is 0 Å². The number of nitrogens with zero attached hydrogens (tertiary/aromatic N) is 4. The number of aromatic nitrogens is 3. The SMILES string of the molecule is CCn1c(SCC(=O)Nc2cccc([N+](=O)[O-])c2)nnc1C(C)Oc1ccc(C)cc1. The van der Waals surface area contributed by atoms with E-state index in [1.165, 1.54) is 30.0 Å². The molecule has 0 radical (unpaired) electrons. The number of rotatable bonds is 9. The van der Waals surface area contributed by atoms with Crippen LogP contribution in [0, 0.1) is 17.0 Å². The first-order chi connectivity index (χ1) is 14.9. The minimum Gasteiger partial charge on any atom is -0.483 e. The van der Waals surface area contributed by atoms with Crippen molar-refractivity contribution in [2.45, 2.75) is 38.6 Å². The molecule has 0 fully saturated rings. The van der Waals surface area contributed by atoms with E-state index in [4.69, 9.17) is 4.74 Å². The number of nitrogens with one attached hydrogen (secondary N) is 1. The first-order valence-electron chi connectivity index (χ1n) is 9.71. The van der Waals surface area contributed by atoms with E-state index in [2.05, 4.69) is 15.5 Å². The summed E-state index contributed by atoms with van der Waals surface area (Å²) in [6.45, 7) is 6.51. The van der Waals surface area contributed by atoms with Crippen molar-refractivity contribution in [1.29, 1.82) is 0 Å². The Morgan fingerprint density at radius 1 is 1.26 bits per heavy atom. The maximum absolute atomic E-state index is 12.3. The molecule has 1 unspecified atom stereocenters. The van der Waals surface area contributed by atoms with E-state index in [9.17, 15) is 14.9 Å². The van der Waals surface area contributed by atoms with Crippen molar-refractivity contribution < 1.29 is 14.5 Å². The Labute approximate surface area is 184 Å². The molecule has 10 heteroatoms. The van der Waals surface area contributed by atoms with Gasteiger partial charge in [0.05, 0.1) is 10.7 Å². The number of carbonyl (C=O) groups excluding carboxylic acids is 1. The molecule has 3 aromatic rings. The third-order valence-electron chi connectivity index (χ3n) is 4.43. The third kappa shape index (κ3) is 5.82. The van der Waals surface area contributed by atoms with Gasteiger partial charge in [0.15, 0.2) is 17.1 Å². The normalized spacial score (nSPS) is 11.7. The van der Waals surface area contributed by atoms with Crippen LogP contribution in [0.2, 0.25) is 0 Å². The molecular formula is C21H23N5O4S. The highest BCUT2D eigenvalue weighted by molar-refractivity contribution is 7.99. The Kier molecular flexibility index (Phi) is 7.24. The first-order valence-corrected chi connectivity index (χ1v) is 10.7. The van der Waals surface area contributed by atoms with Gasteiger partial charge < -0.3 is 14.6 Å². The molecule has 0 aliphatic carbocycles. The Bertz CT molecular complexity index is 1070. The van der Waals surface area contributed by atoms with Crippen LogP contribution in [-0.4, -0.2) is 31.3 Å². The lowest BCUT2D eigenvalue weighted by atomic mass is 10.2. The van der Waals surface area contributed by atoms with E-state index in [1.54, 1.807) is 6.07 Å². The van der Waals surface area contributed by atoms with Crippen molar-refractivity contribution in [2.75, 3.05) is 11.1 Å². The maximum Gasteiger partial charge on any atom is 0.271 e. The second-order valence-electron chi connectivity index (χ2n) is 6.80. The van der Waals surface area contributed by atoms with Gasteiger partial charge in [0.2, 0.25) is 5.91 Å². The number of thioether (sulfide) groups is 1. The predicted octanol–water partition coefficient (Wildman–Crippen LogP) is 4.39. The molecular weight excluding hydrogens is 418 g/mol. The van der Waals surface area contributed by atoms with Crippen LogP contribution in [0.1, 0.15) is 31.3 Å². The number of hydrogen-bond acceptors (Lipinski definition) is 7. The van der Waals surface area contributed by atoms with Gasteiger partial charge >= 0.3 is 0 Å². The van der Waals surface area contributed by atoms with Crippen LogP contribution in [0.15, 0.2) is 53.7 Å². The van der Waals surface area contributed by atoms with Gasteiger partial charge in [-0.05, 0) is 39.0 Å². The molecule has 1 amide bonds. The summed E-state index contributed by atoms with van der Waals surface area (Å²) in [5.41, 5.74) is 1.44. The van der Waals surface area contributed by atoms with Crippen molar-refractivity contribution >= 4 is 29.0 Å². The lowest BCUT2D eigenvalue weighted by Gasteiger charge is -2.15. The summed E-state index contributed by atoms with van der Waals surface area (Å²) in [6.07, 6.45) is -0.316. The molecule has 0 bridgehead atoms. The summed E-state index contributed by atoms with van der Waals surface area (Å²) < 4.78 is 7.89. The second kappa shape index (κ2) is 10.1. The molecule has 0 aliphatic rings. The van der Waals surface area contributed by atoms with Crippen molar-refractivity contribution in [3.63, 3.8) is 0 Å². The van der Waals surface area contributed by atoms with Crippen molar-refractivity contribution in [1.82, 2.24) is 14.8 Å². The molecule has 3 rings (SSSR count). The fourth-order valence-corrected chi connectivity index (χ4v) is 3.71. The number of carbonyl (C=O) groups is 1. The van der Waals surface area contributed by atoms with Crippen LogP contribution in [0.25, 0.3) is 0 Å². The van der Waals surface area contributed by atoms with Gasteiger partial charge in [-0.1, -0.05) is 35.5 Å². The van der Waals surface area contributed by atoms with Crippen LogP contribution >= 0.6 is 11.8 Å². The van der Waals surface area contributed by atoms with Crippen molar-refractivity contribution in [2.24, 2.45) is 0 Å². The van der Waals surface area contributed by atoms with Crippen molar-refractivity contribution in [3.8, 4) is 5.75 Å². The van der Waals surface area contributed by atoms with E-state index in [0.717, 1.165) is 11.3 Å². The van der Waals surface area contributed by atoms with Crippen LogP contribution in [0.5, 0.6) is 5.75 Å². The Morgan fingerprint density at radius 2 is 2.00 bits per heavy atom. The highest BCUT2D eigenvalue weighted by Crippen LogP contribution is 2.25. The standard InChI is InChI=1S/C21H23N5O4S/c1-4-25-20(15(3)30-18-10-8-14(2)9-11-18)23-24-21(25)31-13-19(27)22-16-6-5-7-17(12-16)26(28)29/h5-12,15H,4,13H2,1-3H3,(H,22,27). The zero-order chi connectivity index (χ0) is 22.4. The summed E-state index contributed by atoms with van der Waals surface area (Å²) in [4.78, 5) is 22.7. The number of benzene rings is 2. The molecule has 0 saturated carbocycles. The number of ether oxygens (including phenoxy) is 1. The monoisotopic (exact) mass is 441 g/mol. The molecule has 1 aromatic heterocycles. The number of hydrogen-bond donors (Lipinski definition) is 1. The van der Waals surface area contributed by atoms with E-state index < -0.39 is 4.92 Å². The average molecular weight is 442 g/mol. The van der Waals surface area contributed by atoms with Gasteiger partial charge in [0.1, 0.15) is 5.75 Å². The lowest BCUT2D eigenvalue weighted by molar-refractivity contribution is -0.384. The number of anilines is 1. The molecule has 0 spiro atoms. The third-order valence-corrected chi connectivity index (χ3v) is 5.40. The minimum absolute atomic E-state index is 0.0802. The highest BCUT2D eigenvalue weighted by Gasteiger charge is 2.19. The minimum atomic E-state index is -0.504.